The number of carbonyl (C=O) groups is 1. The third-order valence-corrected chi connectivity index (χ3v) is 5.05. The highest BCUT2D eigenvalue weighted by molar-refractivity contribution is 7.14. The molecule has 0 spiro atoms. The maximum absolute atomic E-state index is 12.5. The number of aryl methyl sites for hydroxylation is 2. The fourth-order valence-electron chi connectivity index (χ4n) is 3.02. The standard InChI is InChI=1S/C19H17N3OS/c23-18(15-8-7-13-4-1-2-5-14(13)10-15)22-19-21-17(12-24-19)16-6-3-9-20-11-16/h3,6-12H,1-2,4-5H2,(H,21,22,23). The van der Waals surface area contributed by atoms with Gasteiger partial charge in [0.15, 0.2) is 5.13 Å². The number of anilines is 1. The number of hydrogen-bond donors (Lipinski definition) is 1. The zero-order chi connectivity index (χ0) is 16.4. The molecule has 1 N–H and O–H groups in total. The summed E-state index contributed by atoms with van der Waals surface area (Å²) in [7, 11) is 0. The van der Waals surface area contributed by atoms with Gasteiger partial charge in [-0.05, 0) is 61.1 Å². The summed E-state index contributed by atoms with van der Waals surface area (Å²) in [6, 6.07) is 9.86. The van der Waals surface area contributed by atoms with E-state index < -0.39 is 0 Å². The van der Waals surface area contributed by atoms with Crippen LogP contribution in [0.4, 0.5) is 5.13 Å². The number of nitrogens with zero attached hydrogens (tertiary/aromatic N) is 2. The minimum absolute atomic E-state index is 0.101. The van der Waals surface area contributed by atoms with Gasteiger partial charge in [0, 0.05) is 28.9 Å². The molecule has 1 aliphatic rings. The molecule has 1 aromatic carbocycles. The van der Waals surface area contributed by atoms with Gasteiger partial charge in [0.05, 0.1) is 5.69 Å². The molecule has 5 heteroatoms. The summed E-state index contributed by atoms with van der Waals surface area (Å²) in [5.41, 5.74) is 5.17. The zero-order valence-electron chi connectivity index (χ0n) is 13.2. The molecule has 24 heavy (non-hydrogen) atoms. The van der Waals surface area contributed by atoms with E-state index in [-0.39, 0.29) is 5.91 Å². The number of pyridine rings is 1. The molecule has 1 amide bonds. The van der Waals surface area contributed by atoms with Gasteiger partial charge < -0.3 is 0 Å². The lowest BCUT2D eigenvalue weighted by atomic mass is 9.90. The van der Waals surface area contributed by atoms with E-state index in [9.17, 15) is 4.79 Å². The average Bonchev–Trinajstić information content (AvgIpc) is 3.10. The lowest BCUT2D eigenvalue weighted by molar-refractivity contribution is 0.102. The van der Waals surface area contributed by atoms with Gasteiger partial charge in [0.2, 0.25) is 0 Å². The molecule has 0 bridgehead atoms. The molecule has 0 saturated carbocycles. The number of amides is 1. The maximum atomic E-state index is 12.5. The Labute approximate surface area is 144 Å². The van der Waals surface area contributed by atoms with Crippen LogP contribution in [0.3, 0.4) is 0 Å². The van der Waals surface area contributed by atoms with Crippen LogP contribution in [0.25, 0.3) is 11.3 Å². The monoisotopic (exact) mass is 335 g/mol. The van der Waals surface area contributed by atoms with Gasteiger partial charge in [0.1, 0.15) is 0 Å². The lowest BCUT2D eigenvalue weighted by Crippen LogP contribution is -2.13. The number of thiazole rings is 1. The Bertz CT molecular complexity index is 873. The second kappa shape index (κ2) is 6.53. The fraction of sp³-hybridized carbons (Fsp3) is 0.211. The second-order valence-electron chi connectivity index (χ2n) is 5.92. The molecular weight excluding hydrogens is 318 g/mol. The summed E-state index contributed by atoms with van der Waals surface area (Å²) in [6.45, 7) is 0. The minimum atomic E-state index is -0.101. The summed E-state index contributed by atoms with van der Waals surface area (Å²) in [5.74, 6) is -0.101. The zero-order valence-corrected chi connectivity index (χ0v) is 14.0. The summed E-state index contributed by atoms with van der Waals surface area (Å²) < 4.78 is 0. The van der Waals surface area contributed by atoms with Crippen molar-refractivity contribution in [1.29, 1.82) is 0 Å². The first-order valence-electron chi connectivity index (χ1n) is 8.09. The summed E-state index contributed by atoms with van der Waals surface area (Å²) in [4.78, 5) is 21.1. The highest BCUT2D eigenvalue weighted by atomic mass is 32.1. The first-order chi connectivity index (χ1) is 11.8. The van der Waals surface area contributed by atoms with Crippen molar-refractivity contribution < 1.29 is 4.79 Å². The van der Waals surface area contributed by atoms with Crippen LogP contribution in [-0.4, -0.2) is 15.9 Å². The first kappa shape index (κ1) is 15.0. The Kier molecular flexibility index (Phi) is 4.09. The molecule has 4 nitrogen and oxygen atoms in total. The van der Waals surface area contributed by atoms with Crippen LogP contribution >= 0.6 is 11.3 Å². The van der Waals surface area contributed by atoms with Crippen LogP contribution in [0, 0.1) is 0 Å². The number of nitrogens with one attached hydrogen (secondary N) is 1. The summed E-state index contributed by atoms with van der Waals surface area (Å²) in [5, 5.41) is 5.44. The van der Waals surface area contributed by atoms with Gasteiger partial charge in [-0.3, -0.25) is 15.1 Å². The van der Waals surface area contributed by atoms with Crippen LogP contribution in [-0.2, 0) is 12.8 Å². The molecular formula is C19H17N3OS. The van der Waals surface area contributed by atoms with Gasteiger partial charge in [-0.15, -0.1) is 11.3 Å². The minimum Gasteiger partial charge on any atom is -0.298 e. The second-order valence-corrected chi connectivity index (χ2v) is 6.78. The number of carbonyl (C=O) groups excluding carboxylic acids is 1. The predicted molar refractivity (Wildman–Crippen MR) is 96.4 cm³/mol. The molecule has 0 unspecified atom stereocenters. The van der Waals surface area contributed by atoms with Crippen molar-refractivity contribution in [3.63, 3.8) is 0 Å². The molecule has 2 heterocycles. The molecule has 0 aliphatic heterocycles. The smallest absolute Gasteiger partial charge is 0.257 e. The summed E-state index contributed by atoms with van der Waals surface area (Å²) >= 11 is 1.43. The van der Waals surface area contributed by atoms with Crippen molar-refractivity contribution in [2.75, 3.05) is 5.32 Å². The van der Waals surface area contributed by atoms with Gasteiger partial charge >= 0.3 is 0 Å². The predicted octanol–water partition coefficient (Wildman–Crippen LogP) is 4.34. The Hall–Kier alpha value is -2.53. The Balaban J connectivity index is 1.51. The van der Waals surface area contributed by atoms with E-state index >= 15 is 0 Å². The third-order valence-electron chi connectivity index (χ3n) is 4.29. The van der Waals surface area contributed by atoms with E-state index in [2.05, 4.69) is 21.4 Å². The molecule has 0 fully saturated rings. The van der Waals surface area contributed by atoms with Crippen LogP contribution in [0.2, 0.25) is 0 Å². The van der Waals surface area contributed by atoms with Gasteiger partial charge in [-0.2, -0.15) is 0 Å². The molecule has 1 aliphatic carbocycles. The average molecular weight is 335 g/mol. The SMILES string of the molecule is O=C(Nc1nc(-c2cccnc2)cs1)c1ccc2c(c1)CCCC2. The van der Waals surface area contributed by atoms with Crippen molar-refractivity contribution in [1.82, 2.24) is 9.97 Å². The number of benzene rings is 1. The van der Waals surface area contributed by atoms with Crippen LogP contribution in [0.1, 0.15) is 34.3 Å². The molecule has 4 rings (SSSR count). The van der Waals surface area contributed by atoms with E-state index in [1.807, 2.05) is 29.6 Å². The van der Waals surface area contributed by atoms with Crippen molar-refractivity contribution in [3.05, 3.63) is 64.8 Å². The van der Waals surface area contributed by atoms with Crippen LogP contribution < -0.4 is 5.32 Å². The third kappa shape index (κ3) is 3.08. The number of fused-ring (bicyclic) bond motifs is 1. The quantitative estimate of drug-likeness (QED) is 0.775. The van der Waals surface area contributed by atoms with E-state index in [4.69, 9.17) is 0 Å². The van der Waals surface area contributed by atoms with E-state index in [0.29, 0.717) is 10.7 Å². The molecule has 2 aromatic heterocycles. The maximum Gasteiger partial charge on any atom is 0.257 e. The van der Waals surface area contributed by atoms with Gasteiger partial charge in [-0.1, -0.05) is 6.07 Å². The normalized spacial score (nSPS) is 13.3. The number of rotatable bonds is 3. The van der Waals surface area contributed by atoms with Crippen LogP contribution in [0.15, 0.2) is 48.1 Å². The molecule has 3 aromatic rings. The molecule has 0 atom stereocenters. The lowest BCUT2D eigenvalue weighted by Gasteiger charge is -2.16. The highest BCUT2D eigenvalue weighted by Crippen LogP contribution is 2.26. The van der Waals surface area contributed by atoms with Crippen LogP contribution in [0.5, 0.6) is 0 Å². The van der Waals surface area contributed by atoms with Crippen molar-refractivity contribution in [2.24, 2.45) is 0 Å². The number of hydrogen-bond acceptors (Lipinski definition) is 4. The van der Waals surface area contributed by atoms with Crippen molar-refractivity contribution in [2.45, 2.75) is 25.7 Å². The van der Waals surface area contributed by atoms with Crippen molar-refractivity contribution in [3.8, 4) is 11.3 Å². The fourth-order valence-corrected chi connectivity index (χ4v) is 3.74. The largest absolute Gasteiger partial charge is 0.298 e. The van der Waals surface area contributed by atoms with Gasteiger partial charge in [-0.25, -0.2) is 4.98 Å². The molecule has 0 radical (unpaired) electrons. The molecule has 0 saturated heterocycles. The van der Waals surface area contributed by atoms with E-state index in [0.717, 1.165) is 24.1 Å². The highest BCUT2D eigenvalue weighted by Gasteiger charge is 2.14. The van der Waals surface area contributed by atoms with Gasteiger partial charge in [0.25, 0.3) is 5.91 Å². The molecule has 120 valence electrons. The first-order valence-corrected chi connectivity index (χ1v) is 8.97. The Morgan fingerprint density at radius 3 is 2.83 bits per heavy atom. The number of aromatic nitrogens is 2. The summed E-state index contributed by atoms with van der Waals surface area (Å²) in [6.07, 6.45) is 8.14. The van der Waals surface area contributed by atoms with E-state index in [1.54, 1.807) is 12.4 Å². The Morgan fingerprint density at radius 2 is 2.00 bits per heavy atom. The Morgan fingerprint density at radius 1 is 1.12 bits per heavy atom. The van der Waals surface area contributed by atoms with Crippen molar-refractivity contribution >= 4 is 22.4 Å². The topological polar surface area (TPSA) is 54.9 Å². The van der Waals surface area contributed by atoms with E-state index in [1.165, 1.54) is 35.3 Å².